The number of rotatable bonds is 3. The summed E-state index contributed by atoms with van der Waals surface area (Å²) in [6, 6.07) is 10.2. The summed E-state index contributed by atoms with van der Waals surface area (Å²) in [5, 5.41) is 3.27. The molecule has 3 rings (SSSR count). The minimum absolute atomic E-state index is 0.416. The van der Waals surface area contributed by atoms with Crippen LogP contribution in [-0.2, 0) is 12.0 Å². The molecule has 0 aliphatic carbocycles. The van der Waals surface area contributed by atoms with Gasteiger partial charge in [-0.05, 0) is 55.6 Å². The average Bonchev–Trinajstić information content (AvgIpc) is 2.45. The Kier molecular flexibility index (Phi) is 3.51. The molecule has 0 fully saturated rings. The third kappa shape index (κ3) is 2.31. The van der Waals surface area contributed by atoms with E-state index in [0.717, 1.165) is 46.4 Å². The van der Waals surface area contributed by atoms with Gasteiger partial charge in [-0.3, -0.25) is 0 Å². The fourth-order valence-corrected chi connectivity index (χ4v) is 3.23. The number of nitroso groups, excluding NO2 is 1. The molecule has 1 aliphatic heterocycles. The van der Waals surface area contributed by atoms with E-state index in [4.69, 9.17) is 4.74 Å². The van der Waals surface area contributed by atoms with Crippen molar-refractivity contribution < 1.29 is 4.74 Å². The summed E-state index contributed by atoms with van der Waals surface area (Å²) in [5.74, 6) is 0.767. The van der Waals surface area contributed by atoms with Crippen molar-refractivity contribution >= 4 is 5.69 Å². The maximum atomic E-state index is 11.4. The van der Waals surface area contributed by atoms with Crippen LogP contribution in [0.5, 0.6) is 5.75 Å². The minimum Gasteiger partial charge on any atom is -0.482 e. The molecule has 0 amide bonds. The topological polar surface area (TPSA) is 38.7 Å². The number of hydrogen-bond donors (Lipinski definition) is 0. The molecule has 3 nitrogen and oxygen atoms in total. The van der Waals surface area contributed by atoms with Gasteiger partial charge in [0, 0.05) is 5.56 Å². The summed E-state index contributed by atoms with van der Waals surface area (Å²) in [4.78, 5) is 11.4. The largest absolute Gasteiger partial charge is 0.482 e. The van der Waals surface area contributed by atoms with Crippen molar-refractivity contribution in [3.8, 4) is 16.9 Å². The highest BCUT2D eigenvalue weighted by Gasteiger charge is 2.34. The highest BCUT2D eigenvalue weighted by atomic mass is 16.5. The standard InChI is InChI=1S/C19H21NO2/c1-5-6-13-10-16(20-21)18-14-9-12(2)7-8-15(14)19(3,4)22-17(18)11-13/h7-11H,5-6H2,1-4H3. The second kappa shape index (κ2) is 5.24. The monoisotopic (exact) mass is 295 g/mol. The molecule has 0 unspecified atom stereocenters. The molecule has 0 aromatic heterocycles. The van der Waals surface area contributed by atoms with Crippen molar-refractivity contribution in [3.63, 3.8) is 0 Å². The minimum atomic E-state index is -0.416. The van der Waals surface area contributed by atoms with Gasteiger partial charge in [0.2, 0.25) is 0 Å². The van der Waals surface area contributed by atoms with Gasteiger partial charge in [-0.15, -0.1) is 4.91 Å². The van der Waals surface area contributed by atoms with E-state index in [1.165, 1.54) is 0 Å². The van der Waals surface area contributed by atoms with Crippen LogP contribution in [0.3, 0.4) is 0 Å². The van der Waals surface area contributed by atoms with Crippen LogP contribution in [0.15, 0.2) is 35.5 Å². The number of aryl methyl sites for hydroxylation is 2. The van der Waals surface area contributed by atoms with Crippen LogP contribution in [-0.4, -0.2) is 0 Å². The van der Waals surface area contributed by atoms with Gasteiger partial charge in [-0.25, -0.2) is 0 Å². The van der Waals surface area contributed by atoms with Gasteiger partial charge in [0.1, 0.15) is 17.0 Å². The molecule has 0 bridgehead atoms. The van der Waals surface area contributed by atoms with Crippen molar-refractivity contribution in [1.29, 1.82) is 0 Å². The molecule has 2 aromatic carbocycles. The van der Waals surface area contributed by atoms with E-state index in [-0.39, 0.29) is 0 Å². The van der Waals surface area contributed by atoms with Gasteiger partial charge in [-0.2, -0.15) is 0 Å². The fourth-order valence-electron chi connectivity index (χ4n) is 3.23. The summed E-state index contributed by atoms with van der Waals surface area (Å²) in [6.45, 7) is 8.30. The fraction of sp³-hybridized carbons (Fsp3) is 0.368. The second-order valence-corrected chi connectivity index (χ2v) is 6.49. The van der Waals surface area contributed by atoms with E-state index in [0.29, 0.717) is 5.69 Å². The molecule has 0 saturated carbocycles. The summed E-state index contributed by atoms with van der Waals surface area (Å²) in [5.41, 5.74) is 5.31. The maximum absolute atomic E-state index is 11.4. The third-order valence-corrected chi connectivity index (χ3v) is 4.24. The van der Waals surface area contributed by atoms with Crippen LogP contribution in [0.4, 0.5) is 5.69 Å². The van der Waals surface area contributed by atoms with Gasteiger partial charge in [0.25, 0.3) is 0 Å². The van der Waals surface area contributed by atoms with E-state index in [1.807, 2.05) is 6.07 Å². The highest BCUT2D eigenvalue weighted by Crippen LogP contribution is 2.50. The molecule has 2 aromatic rings. The molecule has 0 atom stereocenters. The predicted molar refractivity (Wildman–Crippen MR) is 89.7 cm³/mol. The Labute approximate surface area is 131 Å². The third-order valence-electron chi connectivity index (χ3n) is 4.24. The lowest BCUT2D eigenvalue weighted by Crippen LogP contribution is -2.29. The van der Waals surface area contributed by atoms with Gasteiger partial charge in [0.15, 0.2) is 0 Å². The lowest BCUT2D eigenvalue weighted by Gasteiger charge is -2.35. The first-order valence-corrected chi connectivity index (χ1v) is 7.77. The number of hydrogen-bond acceptors (Lipinski definition) is 3. The van der Waals surface area contributed by atoms with E-state index in [9.17, 15) is 4.91 Å². The molecule has 0 spiro atoms. The van der Waals surface area contributed by atoms with E-state index in [1.54, 1.807) is 0 Å². The molecule has 114 valence electrons. The molecule has 1 aliphatic rings. The lowest BCUT2D eigenvalue weighted by molar-refractivity contribution is 0.106. The predicted octanol–water partition coefficient (Wildman–Crippen LogP) is 5.64. The van der Waals surface area contributed by atoms with Gasteiger partial charge in [-0.1, -0.05) is 37.1 Å². The van der Waals surface area contributed by atoms with Crippen molar-refractivity contribution in [2.45, 2.75) is 46.1 Å². The molecular weight excluding hydrogens is 274 g/mol. The first kappa shape index (κ1) is 14.8. The van der Waals surface area contributed by atoms with Crippen LogP contribution >= 0.6 is 0 Å². The Morgan fingerprint density at radius 1 is 1.18 bits per heavy atom. The lowest BCUT2D eigenvalue weighted by atomic mass is 9.84. The number of ether oxygens (including phenoxy) is 1. The number of fused-ring (bicyclic) bond motifs is 3. The van der Waals surface area contributed by atoms with Crippen molar-refractivity contribution in [2.75, 3.05) is 0 Å². The van der Waals surface area contributed by atoms with Crippen LogP contribution in [0, 0.1) is 11.8 Å². The molecule has 3 heteroatoms. The first-order valence-electron chi connectivity index (χ1n) is 7.77. The van der Waals surface area contributed by atoms with Crippen molar-refractivity contribution in [2.24, 2.45) is 5.18 Å². The van der Waals surface area contributed by atoms with Crippen molar-refractivity contribution in [3.05, 3.63) is 51.9 Å². The molecule has 22 heavy (non-hydrogen) atoms. The Balaban J connectivity index is 2.31. The van der Waals surface area contributed by atoms with Gasteiger partial charge in [0.05, 0.1) is 5.56 Å². The van der Waals surface area contributed by atoms with Gasteiger partial charge < -0.3 is 4.74 Å². The summed E-state index contributed by atoms with van der Waals surface area (Å²) >= 11 is 0. The molecule has 0 saturated heterocycles. The van der Waals surface area contributed by atoms with Crippen LogP contribution in [0.1, 0.15) is 43.9 Å². The van der Waals surface area contributed by atoms with Crippen LogP contribution < -0.4 is 4.74 Å². The average molecular weight is 295 g/mol. The van der Waals surface area contributed by atoms with Crippen molar-refractivity contribution in [1.82, 2.24) is 0 Å². The Bertz CT molecular complexity index is 747. The highest BCUT2D eigenvalue weighted by molar-refractivity contribution is 5.86. The Morgan fingerprint density at radius 3 is 2.64 bits per heavy atom. The Morgan fingerprint density at radius 2 is 1.95 bits per heavy atom. The van der Waals surface area contributed by atoms with E-state index < -0.39 is 5.60 Å². The van der Waals surface area contributed by atoms with Crippen LogP contribution in [0.25, 0.3) is 11.1 Å². The zero-order chi connectivity index (χ0) is 15.9. The smallest absolute Gasteiger partial charge is 0.131 e. The summed E-state index contributed by atoms with van der Waals surface area (Å²) in [7, 11) is 0. The zero-order valence-electron chi connectivity index (χ0n) is 13.6. The zero-order valence-corrected chi connectivity index (χ0v) is 13.6. The summed E-state index contributed by atoms with van der Waals surface area (Å²) < 4.78 is 6.22. The van der Waals surface area contributed by atoms with E-state index >= 15 is 0 Å². The molecule has 0 radical (unpaired) electrons. The summed E-state index contributed by atoms with van der Waals surface area (Å²) in [6.07, 6.45) is 1.94. The SMILES string of the molecule is CCCc1cc(N=O)c2c(c1)OC(C)(C)c1ccc(C)cc1-2. The first-order chi connectivity index (χ1) is 10.5. The molecule has 0 N–H and O–H groups in total. The van der Waals surface area contributed by atoms with E-state index in [2.05, 4.69) is 57.1 Å². The quantitative estimate of drug-likeness (QED) is 0.687. The molecule has 1 heterocycles. The Hall–Kier alpha value is -2.16. The maximum Gasteiger partial charge on any atom is 0.131 e. The molecular formula is C19H21NO2. The second-order valence-electron chi connectivity index (χ2n) is 6.49. The number of benzene rings is 2. The van der Waals surface area contributed by atoms with Crippen LogP contribution in [0.2, 0.25) is 0 Å². The normalized spacial score (nSPS) is 14.7. The number of nitrogens with zero attached hydrogens (tertiary/aromatic N) is 1. The van der Waals surface area contributed by atoms with Gasteiger partial charge >= 0.3 is 0 Å².